The second kappa shape index (κ2) is 3.61. The van der Waals surface area contributed by atoms with E-state index >= 15 is 0 Å². The van der Waals surface area contributed by atoms with Gasteiger partial charge >= 0.3 is 0 Å². The van der Waals surface area contributed by atoms with Crippen molar-refractivity contribution < 1.29 is 0 Å². The summed E-state index contributed by atoms with van der Waals surface area (Å²) in [5, 5.41) is 0. The monoisotopic (exact) mass is 152 g/mol. The van der Waals surface area contributed by atoms with Gasteiger partial charge in [-0.05, 0) is 6.92 Å². The van der Waals surface area contributed by atoms with Gasteiger partial charge in [0.1, 0.15) is 0 Å². The molecule has 0 aliphatic heterocycles. The summed E-state index contributed by atoms with van der Waals surface area (Å²) in [5.74, 6) is 0. The van der Waals surface area contributed by atoms with E-state index in [-0.39, 0.29) is 16.7 Å². The van der Waals surface area contributed by atoms with Crippen molar-refractivity contribution in [3.63, 3.8) is 0 Å². The van der Waals surface area contributed by atoms with E-state index in [1.807, 2.05) is 6.92 Å². The van der Waals surface area contributed by atoms with Gasteiger partial charge in [0.15, 0.2) is 0 Å². The topological polar surface area (TPSA) is 52.0 Å². The van der Waals surface area contributed by atoms with Crippen LogP contribution in [0.15, 0.2) is 0 Å². The fourth-order valence-corrected chi connectivity index (χ4v) is 0.815. The van der Waals surface area contributed by atoms with E-state index in [0.29, 0.717) is 0 Å². The number of nitrogens with two attached hydrogens (primary N) is 2. The van der Waals surface area contributed by atoms with Crippen LogP contribution in [0.25, 0.3) is 0 Å². The zero-order valence-electron chi connectivity index (χ0n) is 4.78. The predicted molar refractivity (Wildman–Crippen MR) is 43.4 cm³/mol. The van der Waals surface area contributed by atoms with Crippen molar-refractivity contribution in [3.8, 4) is 0 Å². The Morgan fingerprint density at radius 1 is 1.25 bits per heavy atom. The van der Waals surface area contributed by atoms with Crippen molar-refractivity contribution in [3.05, 3.63) is 0 Å². The Bertz CT molecular complexity index is 57.1. The molecule has 0 heterocycles. The zero-order chi connectivity index (χ0) is 6.73. The highest BCUT2D eigenvalue weighted by Gasteiger charge is 2.12. The molecule has 4 heteroatoms. The number of rotatable bonds is 2. The lowest BCUT2D eigenvalue weighted by molar-refractivity contribution is 0.598. The molecule has 0 spiro atoms. The van der Waals surface area contributed by atoms with Gasteiger partial charge in [0.05, 0.1) is 4.58 Å². The van der Waals surface area contributed by atoms with Gasteiger partial charge in [-0.2, -0.15) is 25.3 Å². The van der Waals surface area contributed by atoms with E-state index in [4.69, 9.17) is 11.5 Å². The van der Waals surface area contributed by atoms with Crippen molar-refractivity contribution in [2.24, 2.45) is 11.5 Å². The van der Waals surface area contributed by atoms with Gasteiger partial charge in [0, 0.05) is 12.1 Å². The molecule has 2 unspecified atom stereocenters. The van der Waals surface area contributed by atoms with Crippen LogP contribution in [-0.2, 0) is 0 Å². The third kappa shape index (κ3) is 2.81. The first-order valence-electron chi connectivity index (χ1n) is 2.43. The third-order valence-corrected chi connectivity index (χ3v) is 1.64. The molecule has 0 aliphatic carbocycles. The van der Waals surface area contributed by atoms with Gasteiger partial charge < -0.3 is 11.5 Å². The molecule has 0 saturated carbocycles. The largest absolute Gasteiger partial charge is 0.326 e. The summed E-state index contributed by atoms with van der Waals surface area (Å²) >= 11 is 7.98. The SMILES string of the molecule is CC(N)C(N)C(S)S. The molecule has 0 bridgehead atoms. The molecule has 0 fully saturated rings. The Hall–Kier alpha value is 0.620. The lowest BCUT2D eigenvalue weighted by atomic mass is 10.2. The average molecular weight is 152 g/mol. The van der Waals surface area contributed by atoms with Crippen LogP contribution in [0.3, 0.4) is 0 Å². The van der Waals surface area contributed by atoms with Gasteiger partial charge in [0.25, 0.3) is 0 Å². The van der Waals surface area contributed by atoms with Crippen LogP contribution in [0.1, 0.15) is 6.92 Å². The Morgan fingerprint density at radius 2 is 1.62 bits per heavy atom. The zero-order valence-corrected chi connectivity index (χ0v) is 6.57. The van der Waals surface area contributed by atoms with Crippen LogP contribution in [0.5, 0.6) is 0 Å². The van der Waals surface area contributed by atoms with Crippen molar-refractivity contribution in [2.75, 3.05) is 0 Å². The molecule has 0 aliphatic rings. The quantitative estimate of drug-likeness (QED) is 0.328. The first-order chi connectivity index (χ1) is 3.55. The fraction of sp³-hybridized carbons (Fsp3) is 1.00. The molecule has 0 aromatic heterocycles. The molecule has 0 amide bonds. The molecule has 0 aromatic carbocycles. The minimum absolute atomic E-state index is 0.0324. The van der Waals surface area contributed by atoms with Crippen LogP contribution in [0.2, 0.25) is 0 Å². The second-order valence-electron chi connectivity index (χ2n) is 1.85. The molecular weight excluding hydrogens is 140 g/mol. The van der Waals surface area contributed by atoms with Gasteiger partial charge in [-0.1, -0.05) is 0 Å². The van der Waals surface area contributed by atoms with E-state index in [9.17, 15) is 0 Å². The first-order valence-corrected chi connectivity index (χ1v) is 3.46. The van der Waals surface area contributed by atoms with Gasteiger partial charge in [-0.25, -0.2) is 0 Å². The van der Waals surface area contributed by atoms with E-state index in [0.717, 1.165) is 0 Å². The van der Waals surface area contributed by atoms with Gasteiger partial charge in [0.2, 0.25) is 0 Å². The van der Waals surface area contributed by atoms with Gasteiger partial charge in [-0.3, -0.25) is 0 Å². The third-order valence-electron chi connectivity index (χ3n) is 0.951. The van der Waals surface area contributed by atoms with Crippen LogP contribution in [0, 0.1) is 0 Å². The van der Waals surface area contributed by atoms with Crippen LogP contribution >= 0.6 is 25.3 Å². The Kier molecular flexibility index (Phi) is 3.89. The maximum Gasteiger partial charge on any atom is 0.0608 e. The number of hydrogen-bond donors (Lipinski definition) is 4. The lowest BCUT2D eigenvalue weighted by Crippen LogP contribution is -2.43. The van der Waals surface area contributed by atoms with E-state index in [2.05, 4.69) is 25.3 Å². The van der Waals surface area contributed by atoms with Crippen molar-refractivity contribution in [1.82, 2.24) is 0 Å². The van der Waals surface area contributed by atoms with Crippen LogP contribution in [0.4, 0.5) is 0 Å². The highest BCUT2D eigenvalue weighted by Crippen LogP contribution is 2.05. The summed E-state index contributed by atoms with van der Waals surface area (Å²) in [5.41, 5.74) is 10.9. The summed E-state index contributed by atoms with van der Waals surface area (Å²) < 4.78 is -0.116. The molecule has 4 N–H and O–H groups in total. The molecule has 0 saturated heterocycles. The lowest BCUT2D eigenvalue weighted by Gasteiger charge is -2.17. The van der Waals surface area contributed by atoms with Gasteiger partial charge in [-0.15, -0.1) is 0 Å². The molecule has 8 heavy (non-hydrogen) atoms. The summed E-state index contributed by atoms with van der Waals surface area (Å²) in [7, 11) is 0. The standard InChI is InChI=1S/C4H12N2S2/c1-2(5)3(6)4(7)8/h2-4,7-8H,5-6H2,1H3. The smallest absolute Gasteiger partial charge is 0.0608 e. The first kappa shape index (κ1) is 8.62. The Balaban J connectivity index is 3.46. The van der Waals surface area contributed by atoms with Crippen molar-refractivity contribution in [1.29, 1.82) is 0 Å². The molecule has 0 aromatic rings. The van der Waals surface area contributed by atoms with E-state index in [1.165, 1.54) is 0 Å². The summed E-state index contributed by atoms with van der Waals surface area (Å²) in [4.78, 5) is 0. The summed E-state index contributed by atoms with van der Waals surface area (Å²) in [6.45, 7) is 1.84. The molecular formula is C4H12N2S2. The van der Waals surface area contributed by atoms with E-state index < -0.39 is 0 Å². The average Bonchev–Trinajstić information content (AvgIpc) is 1.64. The molecule has 0 rings (SSSR count). The van der Waals surface area contributed by atoms with E-state index in [1.54, 1.807) is 0 Å². The minimum Gasteiger partial charge on any atom is -0.326 e. The normalized spacial score (nSPS) is 18.8. The number of thiol groups is 2. The summed E-state index contributed by atoms with van der Waals surface area (Å²) in [6, 6.07) is -0.156. The number of hydrogen-bond acceptors (Lipinski definition) is 4. The van der Waals surface area contributed by atoms with Crippen molar-refractivity contribution in [2.45, 2.75) is 23.6 Å². The molecule has 0 radical (unpaired) electrons. The maximum absolute atomic E-state index is 5.48. The van der Waals surface area contributed by atoms with Crippen molar-refractivity contribution >= 4 is 25.3 Å². The molecule has 2 nitrogen and oxygen atoms in total. The summed E-state index contributed by atoms with van der Waals surface area (Å²) in [6.07, 6.45) is 0. The van der Waals surface area contributed by atoms with Crippen LogP contribution < -0.4 is 11.5 Å². The maximum atomic E-state index is 5.48. The highest BCUT2D eigenvalue weighted by atomic mass is 32.2. The highest BCUT2D eigenvalue weighted by molar-refractivity contribution is 7.99. The Morgan fingerprint density at radius 3 is 1.62 bits per heavy atom. The second-order valence-corrected chi connectivity index (χ2v) is 3.37. The Labute approximate surface area is 60.8 Å². The molecule has 50 valence electrons. The fourth-order valence-electron chi connectivity index (χ4n) is 0.272. The van der Waals surface area contributed by atoms with Crippen LogP contribution in [-0.4, -0.2) is 16.7 Å². The predicted octanol–water partition coefficient (Wildman–Crippen LogP) is -0.153. The minimum atomic E-state index is -0.123. The molecule has 2 atom stereocenters.